The largest absolute Gasteiger partial charge is 0.483 e. The van der Waals surface area contributed by atoms with Gasteiger partial charge in [-0.1, -0.05) is 69.3 Å². The summed E-state index contributed by atoms with van der Waals surface area (Å²) in [5, 5.41) is 2.85. The molecule has 0 radical (unpaired) electrons. The monoisotopic (exact) mass is 410 g/mol. The number of ether oxygens (including phenoxy) is 1. The van der Waals surface area contributed by atoms with Crippen LogP contribution in [0.2, 0.25) is 0 Å². The number of hydrogen-bond donors (Lipinski definition) is 1. The highest BCUT2D eigenvalue weighted by Crippen LogP contribution is 2.26. The van der Waals surface area contributed by atoms with E-state index in [2.05, 4.69) is 19.2 Å². The molecule has 5 nitrogen and oxygen atoms in total. The molecule has 1 atom stereocenters. The molecule has 0 bridgehead atoms. The van der Waals surface area contributed by atoms with E-state index in [0.29, 0.717) is 31.8 Å². The SMILES string of the molecule is CCNC(=O)[C@@H](CC)N(CCc1ccccc1)C(=O)COc1ccccc1C(C)C. The van der Waals surface area contributed by atoms with Crippen molar-refractivity contribution in [3.8, 4) is 5.75 Å². The molecular formula is C25H34N2O3. The van der Waals surface area contributed by atoms with Gasteiger partial charge in [0.2, 0.25) is 5.91 Å². The Morgan fingerprint density at radius 3 is 2.30 bits per heavy atom. The van der Waals surface area contributed by atoms with Gasteiger partial charge in [-0.15, -0.1) is 0 Å². The van der Waals surface area contributed by atoms with E-state index in [-0.39, 0.29) is 18.4 Å². The van der Waals surface area contributed by atoms with Gasteiger partial charge in [-0.3, -0.25) is 9.59 Å². The molecule has 0 aliphatic heterocycles. The van der Waals surface area contributed by atoms with Gasteiger partial charge in [-0.25, -0.2) is 0 Å². The third-order valence-electron chi connectivity index (χ3n) is 5.11. The van der Waals surface area contributed by atoms with Crippen molar-refractivity contribution in [3.63, 3.8) is 0 Å². The summed E-state index contributed by atoms with van der Waals surface area (Å²) in [4.78, 5) is 27.4. The van der Waals surface area contributed by atoms with Crippen molar-refractivity contribution in [3.05, 3.63) is 65.7 Å². The summed E-state index contributed by atoms with van der Waals surface area (Å²) in [6, 6.07) is 17.3. The minimum absolute atomic E-state index is 0.0889. The first-order valence-corrected chi connectivity index (χ1v) is 10.8. The number of hydrogen-bond acceptors (Lipinski definition) is 3. The third kappa shape index (κ3) is 6.61. The molecule has 0 aliphatic carbocycles. The molecule has 162 valence electrons. The van der Waals surface area contributed by atoms with E-state index in [1.54, 1.807) is 4.90 Å². The third-order valence-corrected chi connectivity index (χ3v) is 5.11. The van der Waals surface area contributed by atoms with E-state index >= 15 is 0 Å². The number of benzene rings is 2. The van der Waals surface area contributed by atoms with E-state index in [0.717, 1.165) is 16.9 Å². The molecular weight excluding hydrogens is 376 g/mol. The van der Waals surface area contributed by atoms with E-state index in [9.17, 15) is 9.59 Å². The van der Waals surface area contributed by atoms with E-state index in [4.69, 9.17) is 4.74 Å². The van der Waals surface area contributed by atoms with Gasteiger partial charge in [0.1, 0.15) is 11.8 Å². The van der Waals surface area contributed by atoms with Gasteiger partial charge in [0.05, 0.1) is 0 Å². The maximum absolute atomic E-state index is 13.1. The van der Waals surface area contributed by atoms with Crippen LogP contribution < -0.4 is 10.1 Å². The maximum atomic E-state index is 13.1. The molecule has 0 heterocycles. The molecule has 0 unspecified atom stereocenters. The van der Waals surface area contributed by atoms with Crippen LogP contribution in [0.4, 0.5) is 0 Å². The summed E-state index contributed by atoms with van der Waals surface area (Å²) in [7, 11) is 0. The van der Waals surface area contributed by atoms with E-state index < -0.39 is 6.04 Å². The summed E-state index contributed by atoms with van der Waals surface area (Å²) in [6.07, 6.45) is 1.24. The molecule has 0 saturated heterocycles. The summed E-state index contributed by atoms with van der Waals surface area (Å²) in [6.45, 7) is 8.91. The van der Waals surface area contributed by atoms with Gasteiger partial charge in [0.15, 0.2) is 6.61 Å². The lowest BCUT2D eigenvalue weighted by atomic mass is 10.0. The van der Waals surface area contributed by atoms with Gasteiger partial charge < -0.3 is 15.0 Å². The van der Waals surface area contributed by atoms with Gasteiger partial charge in [0, 0.05) is 13.1 Å². The summed E-state index contributed by atoms with van der Waals surface area (Å²) in [5.74, 6) is 0.714. The second kappa shape index (κ2) is 12.0. The Bertz CT molecular complexity index is 805. The van der Waals surface area contributed by atoms with Gasteiger partial charge in [-0.2, -0.15) is 0 Å². The average molecular weight is 411 g/mol. The number of nitrogens with one attached hydrogen (secondary N) is 1. The number of para-hydroxylation sites is 1. The molecule has 5 heteroatoms. The van der Waals surface area contributed by atoms with Crippen LogP contribution in [0.1, 0.15) is 51.2 Å². The lowest BCUT2D eigenvalue weighted by molar-refractivity contribution is -0.142. The van der Waals surface area contributed by atoms with Crippen LogP contribution in [0.25, 0.3) is 0 Å². The summed E-state index contributed by atoms with van der Waals surface area (Å²) >= 11 is 0. The van der Waals surface area contributed by atoms with Crippen molar-refractivity contribution in [2.24, 2.45) is 0 Å². The quantitative estimate of drug-likeness (QED) is 0.605. The smallest absolute Gasteiger partial charge is 0.261 e. The highest BCUT2D eigenvalue weighted by Gasteiger charge is 2.28. The fourth-order valence-electron chi connectivity index (χ4n) is 3.50. The Morgan fingerprint density at radius 2 is 1.67 bits per heavy atom. The molecule has 30 heavy (non-hydrogen) atoms. The van der Waals surface area contributed by atoms with Crippen molar-refractivity contribution < 1.29 is 14.3 Å². The van der Waals surface area contributed by atoms with Crippen LogP contribution in [-0.4, -0.2) is 42.5 Å². The minimum Gasteiger partial charge on any atom is -0.483 e. The fourth-order valence-corrected chi connectivity index (χ4v) is 3.50. The second-order valence-corrected chi connectivity index (χ2v) is 7.62. The van der Waals surface area contributed by atoms with Crippen LogP contribution >= 0.6 is 0 Å². The Hall–Kier alpha value is -2.82. The van der Waals surface area contributed by atoms with E-state index in [1.165, 1.54) is 0 Å². The Balaban J connectivity index is 2.15. The first-order valence-electron chi connectivity index (χ1n) is 10.8. The Labute approximate surface area is 180 Å². The Morgan fingerprint density at radius 1 is 1.00 bits per heavy atom. The summed E-state index contributed by atoms with van der Waals surface area (Å²) in [5.41, 5.74) is 2.20. The van der Waals surface area contributed by atoms with Gasteiger partial charge in [-0.05, 0) is 42.9 Å². The standard InChI is InChI=1S/C25H34N2O3/c1-5-22(25(29)26-6-2)27(17-16-20-12-8-7-9-13-20)24(28)18-30-23-15-11-10-14-21(23)19(3)4/h7-15,19,22H,5-6,16-18H2,1-4H3,(H,26,29)/t22-/m1/s1. The molecule has 2 rings (SSSR count). The zero-order chi connectivity index (χ0) is 21.9. The highest BCUT2D eigenvalue weighted by molar-refractivity contribution is 5.88. The number of carbonyl (C=O) groups excluding carboxylic acids is 2. The lowest BCUT2D eigenvalue weighted by Crippen LogP contribution is -2.51. The first kappa shape index (κ1) is 23.5. The molecule has 0 saturated carbocycles. The highest BCUT2D eigenvalue weighted by atomic mass is 16.5. The molecule has 2 aromatic carbocycles. The number of amides is 2. The predicted molar refractivity (Wildman–Crippen MR) is 121 cm³/mol. The predicted octanol–water partition coefficient (Wildman–Crippen LogP) is 4.17. The van der Waals surface area contributed by atoms with Crippen LogP contribution in [-0.2, 0) is 16.0 Å². The zero-order valence-corrected chi connectivity index (χ0v) is 18.6. The van der Waals surface area contributed by atoms with Gasteiger partial charge >= 0.3 is 0 Å². The molecule has 2 aromatic rings. The number of nitrogens with zero attached hydrogens (tertiary/aromatic N) is 1. The van der Waals surface area contributed by atoms with E-state index in [1.807, 2.05) is 68.4 Å². The second-order valence-electron chi connectivity index (χ2n) is 7.62. The van der Waals surface area contributed by atoms with Crippen molar-refractivity contribution >= 4 is 11.8 Å². The summed E-state index contributed by atoms with van der Waals surface area (Å²) < 4.78 is 5.90. The van der Waals surface area contributed by atoms with Crippen LogP contribution in [0, 0.1) is 0 Å². The number of carbonyl (C=O) groups is 2. The van der Waals surface area contributed by atoms with Crippen LogP contribution in [0.15, 0.2) is 54.6 Å². The average Bonchev–Trinajstić information content (AvgIpc) is 2.75. The molecule has 1 N–H and O–H groups in total. The number of likely N-dealkylation sites (N-methyl/N-ethyl adjacent to an activating group) is 1. The van der Waals surface area contributed by atoms with Gasteiger partial charge in [0.25, 0.3) is 5.91 Å². The molecule has 0 aliphatic rings. The maximum Gasteiger partial charge on any atom is 0.261 e. The van der Waals surface area contributed by atoms with Crippen molar-refractivity contribution in [2.75, 3.05) is 19.7 Å². The molecule has 0 spiro atoms. The molecule has 0 aromatic heterocycles. The fraction of sp³-hybridized carbons (Fsp3) is 0.440. The van der Waals surface area contributed by atoms with Crippen molar-refractivity contribution in [1.82, 2.24) is 10.2 Å². The first-order chi connectivity index (χ1) is 14.5. The van der Waals surface area contributed by atoms with Crippen LogP contribution in [0.3, 0.4) is 0 Å². The zero-order valence-electron chi connectivity index (χ0n) is 18.6. The normalized spacial score (nSPS) is 11.8. The number of rotatable bonds is 11. The molecule has 2 amide bonds. The van der Waals surface area contributed by atoms with Crippen molar-refractivity contribution in [2.45, 2.75) is 52.5 Å². The minimum atomic E-state index is -0.509. The topological polar surface area (TPSA) is 58.6 Å². The molecule has 0 fully saturated rings. The Kier molecular flexibility index (Phi) is 9.39. The van der Waals surface area contributed by atoms with Crippen molar-refractivity contribution in [1.29, 1.82) is 0 Å². The van der Waals surface area contributed by atoms with Crippen LogP contribution in [0.5, 0.6) is 5.75 Å². The lowest BCUT2D eigenvalue weighted by Gasteiger charge is -2.30.